The fourth-order valence-electron chi connectivity index (χ4n) is 2.63. The van der Waals surface area contributed by atoms with Crippen molar-refractivity contribution in [3.8, 4) is 11.1 Å². The van der Waals surface area contributed by atoms with Gasteiger partial charge in [0, 0.05) is 12.1 Å². The van der Waals surface area contributed by atoms with E-state index in [2.05, 4.69) is 5.32 Å². The minimum Gasteiger partial charge on any atom is -0.372 e. The van der Waals surface area contributed by atoms with Crippen LogP contribution in [0.15, 0.2) is 36.4 Å². The molecule has 6 heteroatoms. The molecule has 0 unspecified atom stereocenters. The molecule has 0 spiro atoms. The summed E-state index contributed by atoms with van der Waals surface area (Å²) < 4.78 is 46.6. The number of nitrogens with one attached hydrogen (secondary N) is 1. The summed E-state index contributed by atoms with van der Waals surface area (Å²) in [7, 11) is 0. The van der Waals surface area contributed by atoms with Crippen LogP contribution >= 0.6 is 12.4 Å². The van der Waals surface area contributed by atoms with Crippen LogP contribution in [-0.2, 0) is 11.3 Å². The normalized spacial score (nSPS) is 17.1. The van der Waals surface area contributed by atoms with Crippen molar-refractivity contribution >= 4 is 12.4 Å². The van der Waals surface area contributed by atoms with E-state index < -0.39 is 17.5 Å². The van der Waals surface area contributed by atoms with Gasteiger partial charge >= 0.3 is 0 Å². The number of rotatable bonds is 4. The van der Waals surface area contributed by atoms with Gasteiger partial charge in [-0.25, -0.2) is 13.2 Å². The minimum absolute atomic E-state index is 0. The Hall–Kier alpha value is -1.56. The van der Waals surface area contributed by atoms with Crippen molar-refractivity contribution in [1.82, 2.24) is 5.32 Å². The van der Waals surface area contributed by atoms with Gasteiger partial charge in [0.25, 0.3) is 0 Å². The lowest BCUT2D eigenvalue weighted by Crippen LogP contribution is -2.16. The molecule has 2 nitrogen and oxygen atoms in total. The predicted octanol–water partition coefficient (Wildman–Crippen LogP) is 4.07. The Bertz CT molecular complexity index is 675. The maximum Gasteiger partial charge on any atom is 0.166 e. The summed E-state index contributed by atoms with van der Waals surface area (Å²) in [6.07, 6.45) is 0.951. The highest BCUT2D eigenvalue weighted by molar-refractivity contribution is 5.85. The maximum atomic E-state index is 14.0. The van der Waals surface area contributed by atoms with Gasteiger partial charge in [0.15, 0.2) is 11.6 Å². The summed E-state index contributed by atoms with van der Waals surface area (Å²) in [6, 6.07) is 7.97. The fourth-order valence-corrected chi connectivity index (χ4v) is 2.63. The molecule has 1 fully saturated rings. The van der Waals surface area contributed by atoms with Gasteiger partial charge in [-0.05, 0) is 42.3 Å². The van der Waals surface area contributed by atoms with Gasteiger partial charge < -0.3 is 10.1 Å². The Morgan fingerprint density at radius 2 is 1.91 bits per heavy atom. The zero-order valence-electron chi connectivity index (χ0n) is 12.3. The zero-order valence-corrected chi connectivity index (χ0v) is 13.1. The van der Waals surface area contributed by atoms with E-state index in [-0.39, 0.29) is 30.7 Å². The second-order valence-corrected chi connectivity index (χ2v) is 5.33. The number of benzene rings is 2. The van der Waals surface area contributed by atoms with Crippen LogP contribution in [0.4, 0.5) is 13.2 Å². The molecule has 3 rings (SSSR count). The fraction of sp³-hybridized carbons (Fsp3) is 0.294. The standard InChI is InChI=1S/C17H16F3NO.ClH/c18-12-4-5-14(15-2-1-3-16(19)17(15)20)11(8-12)10-22-13-6-7-21-9-13;/h1-5,8,13,21H,6-7,9-10H2;1H/t13-;/m0./s1. The van der Waals surface area contributed by atoms with E-state index in [1.54, 1.807) is 0 Å². The molecule has 1 saturated heterocycles. The van der Waals surface area contributed by atoms with E-state index in [0.29, 0.717) is 11.1 Å². The van der Waals surface area contributed by atoms with Crippen molar-refractivity contribution in [2.24, 2.45) is 0 Å². The first-order valence-corrected chi connectivity index (χ1v) is 7.20. The molecule has 124 valence electrons. The molecular weight excluding hydrogens is 327 g/mol. The Labute approximate surface area is 139 Å². The van der Waals surface area contributed by atoms with E-state index in [1.165, 1.54) is 30.3 Å². The number of ether oxygens (including phenoxy) is 1. The maximum absolute atomic E-state index is 14.0. The molecule has 1 aliphatic heterocycles. The second-order valence-electron chi connectivity index (χ2n) is 5.33. The second kappa shape index (κ2) is 7.81. The molecule has 1 aliphatic rings. The van der Waals surface area contributed by atoms with Crippen molar-refractivity contribution < 1.29 is 17.9 Å². The third kappa shape index (κ3) is 4.05. The van der Waals surface area contributed by atoms with E-state index in [1.807, 2.05) is 0 Å². The predicted molar refractivity (Wildman–Crippen MR) is 85.1 cm³/mol. The largest absolute Gasteiger partial charge is 0.372 e. The van der Waals surface area contributed by atoms with Crippen molar-refractivity contribution in [2.75, 3.05) is 13.1 Å². The Kier molecular flexibility index (Phi) is 6.04. The van der Waals surface area contributed by atoms with Gasteiger partial charge in [0.2, 0.25) is 0 Å². The van der Waals surface area contributed by atoms with E-state index in [0.717, 1.165) is 25.6 Å². The summed E-state index contributed by atoms with van der Waals surface area (Å²) in [6.45, 7) is 1.80. The summed E-state index contributed by atoms with van der Waals surface area (Å²) in [5.74, 6) is -2.28. The highest BCUT2D eigenvalue weighted by atomic mass is 35.5. The van der Waals surface area contributed by atoms with Crippen molar-refractivity contribution in [2.45, 2.75) is 19.1 Å². The molecule has 1 heterocycles. The molecule has 1 atom stereocenters. The average molecular weight is 344 g/mol. The summed E-state index contributed by atoms with van der Waals surface area (Å²) in [4.78, 5) is 0. The topological polar surface area (TPSA) is 21.3 Å². The highest BCUT2D eigenvalue weighted by Gasteiger charge is 2.18. The van der Waals surface area contributed by atoms with Crippen LogP contribution in [0.3, 0.4) is 0 Å². The monoisotopic (exact) mass is 343 g/mol. The average Bonchev–Trinajstić information content (AvgIpc) is 3.02. The number of halogens is 4. The van der Waals surface area contributed by atoms with E-state index in [9.17, 15) is 13.2 Å². The Morgan fingerprint density at radius 3 is 2.65 bits per heavy atom. The third-order valence-corrected chi connectivity index (χ3v) is 3.80. The first-order valence-electron chi connectivity index (χ1n) is 7.20. The van der Waals surface area contributed by atoms with Crippen molar-refractivity contribution in [1.29, 1.82) is 0 Å². The summed E-state index contributed by atoms with van der Waals surface area (Å²) >= 11 is 0. The van der Waals surface area contributed by atoms with Crippen LogP contribution in [0, 0.1) is 17.5 Å². The van der Waals surface area contributed by atoms with Crippen LogP contribution in [0.5, 0.6) is 0 Å². The van der Waals surface area contributed by atoms with Gasteiger partial charge in [-0.3, -0.25) is 0 Å². The smallest absolute Gasteiger partial charge is 0.166 e. The van der Waals surface area contributed by atoms with Crippen LogP contribution in [0.1, 0.15) is 12.0 Å². The quantitative estimate of drug-likeness (QED) is 0.903. The summed E-state index contributed by atoms with van der Waals surface area (Å²) in [5, 5.41) is 3.17. The molecule has 0 saturated carbocycles. The summed E-state index contributed by atoms with van der Waals surface area (Å²) in [5.41, 5.74) is 1.07. The molecule has 0 aliphatic carbocycles. The Balaban J connectivity index is 0.00000192. The van der Waals surface area contributed by atoms with Gasteiger partial charge in [0.05, 0.1) is 12.7 Å². The van der Waals surface area contributed by atoms with Crippen molar-refractivity contribution in [3.63, 3.8) is 0 Å². The molecule has 1 N–H and O–H groups in total. The van der Waals surface area contributed by atoms with Gasteiger partial charge in [-0.2, -0.15) is 0 Å². The van der Waals surface area contributed by atoms with Crippen LogP contribution in [-0.4, -0.2) is 19.2 Å². The molecule has 0 aromatic heterocycles. The van der Waals surface area contributed by atoms with Crippen molar-refractivity contribution in [3.05, 3.63) is 59.4 Å². The van der Waals surface area contributed by atoms with Crippen LogP contribution < -0.4 is 5.32 Å². The molecule has 0 bridgehead atoms. The lowest BCUT2D eigenvalue weighted by Gasteiger charge is -2.14. The molecule has 23 heavy (non-hydrogen) atoms. The van der Waals surface area contributed by atoms with Gasteiger partial charge in [0.1, 0.15) is 5.82 Å². The van der Waals surface area contributed by atoms with Gasteiger partial charge in [-0.15, -0.1) is 12.4 Å². The lowest BCUT2D eigenvalue weighted by atomic mass is 9.99. The van der Waals surface area contributed by atoms with E-state index >= 15 is 0 Å². The highest BCUT2D eigenvalue weighted by Crippen LogP contribution is 2.29. The molecule has 0 amide bonds. The number of hydrogen-bond donors (Lipinski definition) is 1. The molecule has 2 aromatic rings. The zero-order chi connectivity index (χ0) is 15.5. The number of hydrogen-bond acceptors (Lipinski definition) is 2. The SMILES string of the molecule is Cl.Fc1ccc(-c2cccc(F)c2F)c(CO[C@H]2CCNC2)c1. The molecular formula is C17H17ClF3NO. The van der Waals surface area contributed by atoms with E-state index in [4.69, 9.17) is 4.74 Å². The minimum atomic E-state index is -0.933. The Morgan fingerprint density at radius 1 is 1.09 bits per heavy atom. The van der Waals surface area contributed by atoms with Gasteiger partial charge in [-0.1, -0.05) is 18.2 Å². The lowest BCUT2D eigenvalue weighted by molar-refractivity contribution is 0.0543. The van der Waals surface area contributed by atoms with Crippen LogP contribution in [0.25, 0.3) is 11.1 Å². The molecule has 0 radical (unpaired) electrons. The van der Waals surface area contributed by atoms with Crippen LogP contribution in [0.2, 0.25) is 0 Å². The first kappa shape index (κ1) is 17.8. The third-order valence-electron chi connectivity index (χ3n) is 3.80. The first-order chi connectivity index (χ1) is 10.6. The molecule has 2 aromatic carbocycles.